The number of ketones is 2. The number of anilines is 1. The summed E-state index contributed by atoms with van der Waals surface area (Å²) >= 11 is 0. The Balaban J connectivity index is 1.88. The summed E-state index contributed by atoms with van der Waals surface area (Å²) in [5, 5.41) is 2.82. The van der Waals surface area contributed by atoms with E-state index in [1.165, 1.54) is 0 Å². The first-order chi connectivity index (χ1) is 11.9. The maximum atomic E-state index is 12.3. The summed E-state index contributed by atoms with van der Waals surface area (Å²) in [6.45, 7) is 5.51. The van der Waals surface area contributed by atoms with Crippen LogP contribution < -0.4 is 5.32 Å². The van der Waals surface area contributed by atoms with Crippen LogP contribution in [0.25, 0.3) is 0 Å². The van der Waals surface area contributed by atoms with E-state index in [1.54, 1.807) is 31.2 Å². The van der Waals surface area contributed by atoms with Crippen molar-refractivity contribution < 1.29 is 14.4 Å². The van der Waals surface area contributed by atoms with Crippen LogP contribution in [-0.4, -0.2) is 17.5 Å². The number of hydrogen-bond donors (Lipinski definition) is 1. The van der Waals surface area contributed by atoms with Gasteiger partial charge < -0.3 is 5.32 Å². The molecule has 0 saturated heterocycles. The van der Waals surface area contributed by atoms with Crippen molar-refractivity contribution >= 4 is 23.2 Å². The number of nitrogens with one attached hydrogen (secondary N) is 1. The van der Waals surface area contributed by atoms with E-state index in [0.717, 1.165) is 16.8 Å². The largest absolute Gasteiger partial charge is 0.326 e. The van der Waals surface area contributed by atoms with Crippen LogP contribution in [0.2, 0.25) is 0 Å². The number of aryl methyl sites for hydroxylation is 2. The lowest BCUT2D eigenvalue weighted by Gasteiger charge is -2.11. The van der Waals surface area contributed by atoms with E-state index < -0.39 is 5.92 Å². The molecule has 25 heavy (non-hydrogen) atoms. The Hall–Kier alpha value is -2.75. The van der Waals surface area contributed by atoms with Gasteiger partial charge in [0.05, 0.1) is 5.92 Å². The minimum Gasteiger partial charge on any atom is -0.326 e. The molecule has 1 N–H and O–H groups in total. The van der Waals surface area contributed by atoms with Crippen LogP contribution in [0.3, 0.4) is 0 Å². The predicted molar refractivity (Wildman–Crippen MR) is 98.7 cm³/mol. The highest BCUT2D eigenvalue weighted by Crippen LogP contribution is 2.17. The van der Waals surface area contributed by atoms with E-state index >= 15 is 0 Å². The first-order valence-electron chi connectivity index (χ1n) is 8.37. The topological polar surface area (TPSA) is 63.2 Å². The molecule has 0 aliphatic rings. The molecular weight excluding hydrogens is 314 g/mol. The summed E-state index contributed by atoms with van der Waals surface area (Å²) in [5.41, 5.74) is 3.37. The minimum absolute atomic E-state index is 0.0521. The molecule has 0 heterocycles. The number of amides is 1. The minimum atomic E-state index is -0.740. The van der Waals surface area contributed by atoms with E-state index in [2.05, 4.69) is 5.32 Å². The fourth-order valence-electron chi connectivity index (χ4n) is 2.62. The molecule has 4 nitrogen and oxygen atoms in total. The van der Waals surface area contributed by atoms with Crippen molar-refractivity contribution in [3.8, 4) is 0 Å². The molecule has 4 heteroatoms. The van der Waals surface area contributed by atoms with Gasteiger partial charge in [-0.25, -0.2) is 0 Å². The van der Waals surface area contributed by atoms with Gasteiger partial charge in [-0.15, -0.1) is 0 Å². The Morgan fingerprint density at radius 3 is 2.28 bits per heavy atom. The molecule has 1 atom stereocenters. The Labute approximate surface area is 148 Å². The van der Waals surface area contributed by atoms with Crippen molar-refractivity contribution in [3.05, 3.63) is 65.2 Å². The first kappa shape index (κ1) is 18.6. The van der Waals surface area contributed by atoms with Gasteiger partial charge in [0.25, 0.3) is 0 Å². The average molecular weight is 337 g/mol. The number of rotatable bonds is 7. The molecule has 0 spiro atoms. The number of carbonyl (C=O) groups is 3. The summed E-state index contributed by atoms with van der Waals surface area (Å²) in [5.74, 6) is -1.39. The van der Waals surface area contributed by atoms with Gasteiger partial charge in [0.15, 0.2) is 5.78 Å². The second-order valence-corrected chi connectivity index (χ2v) is 6.28. The highest BCUT2D eigenvalue weighted by molar-refractivity contribution is 6.11. The standard InChI is InChI=1S/C21H23NO3/c1-14-9-10-18(15(2)13-14)22-20(24)12-11-19(23)16(3)21(25)17-7-5-4-6-8-17/h4-10,13,16H,11-12H2,1-3H3,(H,22,24)/t16-/m0/s1. The molecular formula is C21H23NO3. The van der Waals surface area contributed by atoms with Crippen LogP contribution in [0.5, 0.6) is 0 Å². The Bertz CT molecular complexity index is 781. The highest BCUT2D eigenvalue weighted by atomic mass is 16.2. The molecule has 0 aliphatic heterocycles. The fraction of sp³-hybridized carbons (Fsp3) is 0.286. The molecule has 0 fully saturated rings. The third-order valence-corrected chi connectivity index (χ3v) is 4.19. The second-order valence-electron chi connectivity index (χ2n) is 6.28. The van der Waals surface area contributed by atoms with Crippen molar-refractivity contribution in [1.82, 2.24) is 0 Å². The van der Waals surface area contributed by atoms with Crippen LogP contribution >= 0.6 is 0 Å². The Morgan fingerprint density at radius 1 is 0.960 bits per heavy atom. The van der Waals surface area contributed by atoms with Crippen LogP contribution in [0, 0.1) is 19.8 Å². The third kappa shape index (κ3) is 5.11. The van der Waals surface area contributed by atoms with Gasteiger partial charge in [-0.05, 0) is 32.4 Å². The Morgan fingerprint density at radius 2 is 1.64 bits per heavy atom. The van der Waals surface area contributed by atoms with Crippen LogP contribution in [-0.2, 0) is 9.59 Å². The van der Waals surface area contributed by atoms with Crippen LogP contribution in [0.4, 0.5) is 5.69 Å². The molecule has 1 amide bonds. The van der Waals surface area contributed by atoms with E-state index in [0.29, 0.717) is 5.56 Å². The van der Waals surface area contributed by atoms with Crippen molar-refractivity contribution in [2.45, 2.75) is 33.6 Å². The quantitative estimate of drug-likeness (QED) is 0.611. The molecule has 2 aromatic rings. The molecule has 0 radical (unpaired) electrons. The summed E-state index contributed by atoms with van der Waals surface area (Å²) in [6, 6.07) is 14.5. The normalized spacial score (nSPS) is 11.6. The third-order valence-electron chi connectivity index (χ3n) is 4.19. The molecule has 0 bridgehead atoms. The molecule has 0 unspecified atom stereocenters. The molecule has 2 aromatic carbocycles. The fourth-order valence-corrected chi connectivity index (χ4v) is 2.62. The molecule has 0 saturated carbocycles. The second kappa shape index (κ2) is 8.38. The van der Waals surface area contributed by atoms with Gasteiger partial charge in [-0.3, -0.25) is 14.4 Å². The summed E-state index contributed by atoms with van der Waals surface area (Å²) < 4.78 is 0. The van der Waals surface area contributed by atoms with Gasteiger partial charge >= 0.3 is 0 Å². The van der Waals surface area contributed by atoms with Crippen molar-refractivity contribution in [3.63, 3.8) is 0 Å². The van der Waals surface area contributed by atoms with Gasteiger partial charge in [0.1, 0.15) is 5.78 Å². The zero-order chi connectivity index (χ0) is 18.4. The van der Waals surface area contributed by atoms with Crippen molar-refractivity contribution in [1.29, 1.82) is 0 Å². The molecule has 2 rings (SSSR count). The maximum absolute atomic E-state index is 12.3. The average Bonchev–Trinajstić information content (AvgIpc) is 2.61. The zero-order valence-electron chi connectivity index (χ0n) is 14.8. The summed E-state index contributed by atoms with van der Waals surface area (Å²) in [4.78, 5) is 36.6. The lowest BCUT2D eigenvalue weighted by atomic mass is 9.93. The summed E-state index contributed by atoms with van der Waals surface area (Å²) in [6.07, 6.45) is 0.120. The van der Waals surface area contributed by atoms with Crippen LogP contribution in [0.15, 0.2) is 48.5 Å². The number of Topliss-reactive ketones (excluding diaryl/α,β-unsaturated/α-hetero) is 2. The number of carbonyl (C=O) groups excluding carboxylic acids is 3. The van der Waals surface area contributed by atoms with E-state index in [9.17, 15) is 14.4 Å². The van der Waals surface area contributed by atoms with E-state index in [4.69, 9.17) is 0 Å². The van der Waals surface area contributed by atoms with Gasteiger partial charge in [-0.1, -0.05) is 48.0 Å². The highest BCUT2D eigenvalue weighted by Gasteiger charge is 2.22. The molecule has 0 aromatic heterocycles. The smallest absolute Gasteiger partial charge is 0.224 e. The SMILES string of the molecule is Cc1ccc(NC(=O)CCC(=O)[C@H](C)C(=O)c2ccccc2)c(C)c1. The molecule has 130 valence electrons. The maximum Gasteiger partial charge on any atom is 0.224 e. The summed E-state index contributed by atoms with van der Waals surface area (Å²) in [7, 11) is 0. The van der Waals surface area contributed by atoms with E-state index in [-0.39, 0.29) is 30.3 Å². The lowest BCUT2D eigenvalue weighted by Crippen LogP contribution is -2.23. The van der Waals surface area contributed by atoms with Crippen LogP contribution in [0.1, 0.15) is 41.3 Å². The monoisotopic (exact) mass is 337 g/mol. The number of hydrogen-bond acceptors (Lipinski definition) is 3. The van der Waals surface area contributed by atoms with E-state index in [1.807, 2.05) is 38.1 Å². The number of benzene rings is 2. The van der Waals surface area contributed by atoms with Gasteiger partial charge in [0, 0.05) is 24.1 Å². The van der Waals surface area contributed by atoms with Gasteiger partial charge in [0.2, 0.25) is 5.91 Å². The Kier molecular flexibility index (Phi) is 6.23. The van der Waals surface area contributed by atoms with Gasteiger partial charge in [-0.2, -0.15) is 0 Å². The molecule has 0 aliphatic carbocycles. The first-order valence-corrected chi connectivity index (χ1v) is 8.37. The zero-order valence-corrected chi connectivity index (χ0v) is 14.8. The van der Waals surface area contributed by atoms with Crippen molar-refractivity contribution in [2.24, 2.45) is 5.92 Å². The lowest BCUT2D eigenvalue weighted by molar-refractivity contribution is -0.124. The van der Waals surface area contributed by atoms with Crippen molar-refractivity contribution in [2.75, 3.05) is 5.32 Å². The predicted octanol–water partition coefficient (Wildman–Crippen LogP) is 4.11.